The van der Waals surface area contributed by atoms with Crippen LogP contribution in [0.4, 0.5) is 0 Å². The van der Waals surface area contributed by atoms with Crippen molar-refractivity contribution in [1.29, 1.82) is 0 Å². The van der Waals surface area contributed by atoms with E-state index in [1.807, 2.05) is 32.0 Å². The summed E-state index contributed by atoms with van der Waals surface area (Å²) < 4.78 is 5.13. The molecule has 0 atom stereocenters. The SMILES string of the molecule is Cc1noc(C)c1CSCc1ccc(Cl)c(Cl)c1. The molecular weight excluding hydrogens is 289 g/mol. The second kappa shape index (κ2) is 6.00. The van der Waals surface area contributed by atoms with Crippen LogP contribution in [-0.4, -0.2) is 5.16 Å². The van der Waals surface area contributed by atoms with Gasteiger partial charge in [-0.2, -0.15) is 11.8 Å². The molecule has 1 heterocycles. The standard InChI is InChI=1S/C13H13Cl2NOS/c1-8-11(9(2)17-16-8)7-18-6-10-3-4-12(14)13(15)5-10/h3-5H,6-7H2,1-2H3. The topological polar surface area (TPSA) is 26.0 Å². The van der Waals surface area contributed by atoms with E-state index in [2.05, 4.69) is 5.16 Å². The van der Waals surface area contributed by atoms with Crippen LogP contribution in [0.2, 0.25) is 10.0 Å². The Kier molecular flexibility index (Phi) is 4.60. The Morgan fingerprint density at radius 2 is 1.94 bits per heavy atom. The van der Waals surface area contributed by atoms with Crippen LogP contribution in [0.25, 0.3) is 0 Å². The highest BCUT2D eigenvalue weighted by Gasteiger charge is 2.08. The molecule has 0 amide bonds. The lowest BCUT2D eigenvalue weighted by Gasteiger charge is -2.03. The zero-order valence-corrected chi connectivity index (χ0v) is 12.5. The van der Waals surface area contributed by atoms with E-state index in [1.54, 1.807) is 11.8 Å². The van der Waals surface area contributed by atoms with Crippen molar-refractivity contribution >= 4 is 35.0 Å². The smallest absolute Gasteiger partial charge is 0.137 e. The van der Waals surface area contributed by atoms with Gasteiger partial charge in [0.25, 0.3) is 0 Å². The maximum Gasteiger partial charge on any atom is 0.137 e. The highest BCUT2D eigenvalue weighted by atomic mass is 35.5. The summed E-state index contributed by atoms with van der Waals surface area (Å²) in [4.78, 5) is 0. The van der Waals surface area contributed by atoms with Crippen molar-refractivity contribution in [1.82, 2.24) is 5.16 Å². The van der Waals surface area contributed by atoms with Crippen molar-refractivity contribution in [3.63, 3.8) is 0 Å². The lowest BCUT2D eigenvalue weighted by molar-refractivity contribution is 0.392. The Balaban J connectivity index is 1.94. The normalized spacial score (nSPS) is 10.9. The van der Waals surface area contributed by atoms with Crippen molar-refractivity contribution in [3.05, 3.63) is 50.8 Å². The fourth-order valence-corrected chi connectivity index (χ4v) is 3.06. The molecule has 0 radical (unpaired) electrons. The Morgan fingerprint density at radius 1 is 1.17 bits per heavy atom. The van der Waals surface area contributed by atoms with Crippen LogP contribution in [0.1, 0.15) is 22.6 Å². The van der Waals surface area contributed by atoms with Crippen LogP contribution in [-0.2, 0) is 11.5 Å². The molecular formula is C13H13Cl2NOS. The largest absolute Gasteiger partial charge is 0.361 e. The molecule has 0 aliphatic heterocycles. The van der Waals surface area contributed by atoms with Gasteiger partial charge in [-0.1, -0.05) is 34.4 Å². The highest BCUT2D eigenvalue weighted by Crippen LogP contribution is 2.26. The maximum atomic E-state index is 5.98. The minimum Gasteiger partial charge on any atom is -0.361 e. The number of rotatable bonds is 4. The number of halogens is 2. The van der Waals surface area contributed by atoms with Gasteiger partial charge in [0.2, 0.25) is 0 Å². The molecule has 0 saturated heterocycles. The van der Waals surface area contributed by atoms with E-state index in [4.69, 9.17) is 27.7 Å². The van der Waals surface area contributed by atoms with E-state index < -0.39 is 0 Å². The van der Waals surface area contributed by atoms with Gasteiger partial charge in [-0.3, -0.25) is 0 Å². The van der Waals surface area contributed by atoms with Gasteiger partial charge in [0.1, 0.15) is 5.76 Å². The van der Waals surface area contributed by atoms with Crippen molar-refractivity contribution in [2.24, 2.45) is 0 Å². The van der Waals surface area contributed by atoms with Crippen molar-refractivity contribution in [2.45, 2.75) is 25.4 Å². The molecule has 1 aromatic carbocycles. The summed E-state index contributed by atoms with van der Waals surface area (Å²) >= 11 is 13.7. The second-order valence-electron chi connectivity index (χ2n) is 4.04. The van der Waals surface area contributed by atoms with Crippen LogP contribution < -0.4 is 0 Å². The van der Waals surface area contributed by atoms with Crippen LogP contribution in [0.15, 0.2) is 22.7 Å². The van der Waals surface area contributed by atoms with Gasteiger partial charge >= 0.3 is 0 Å². The fourth-order valence-electron chi connectivity index (χ4n) is 1.61. The summed E-state index contributed by atoms with van der Waals surface area (Å²) in [6.07, 6.45) is 0. The lowest BCUT2D eigenvalue weighted by Crippen LogP contribution is -1.87. The third kappa shape index (κ3) is 3.22. The van der Waals surface area contributed by atoms with Gasteiger partial charge in [-0.05, 0) is 31.5 Å². The highest BCUT2D eigenvalue weighted by molar-refractivity contribution is 7.97. The van der Waals surface area contributed by atoms with E-state index in [0.29, 0.717) is 10.0 Å². The third-order valence-corrected chi connectivity index (χ3v) is 4.45. The molecule has 0 saturated carbocycles. The number of nitrogens with zero attached hydrogens (tertiary/aromatic N) is 1. The number of thioether (sulfide) groups is 1. The summed E-state index contributed by atoms with van der Waals surface area (Å²) in [6.45, 7) is 3.90. The van der Waals surface area contributed by atoms with Crippen molar-refractivity contribution in [2.75, 3.05) is 0 Å². The number of aromatic nitrogens is 1. The van der Waals surface area contributed by atoms with Gasteiger partial charge in [0.15, 0.2) is 0 Å². The molecule has 2 aromatic rings. The van der Waals surface area contributed by atoms with Gasteiger partial charge in [0, 0.05) is 17.1 Å². The van der Waals surface area contributed by atoms with E-state index in [0.717, 1.165) is 23.0 Å². The van der Waals surface area contributed by atoms with Crippen LogP contribution in [0.3, 0.4) is 0 Å². The van der Waals surface area contributed by atoms with E-state index in [9.17, 15) is 0 Å². The average Bonchev–Trinajstić information content (AvgIpc) is 2.65. The first-order valence-corrected chi connectivity index (χ1v) is 7.42. The Bertz CT molecular complexity index is 534. The molecule has 18 heavy (non-hydrogen) atoms. The number of benzene rings is 1. The monoisotopic (exact) mass is 301 g/mol. The fraction of sp³-hybridized carbons (Fsp3) is 0.308. The van der Waals surface area contributed by atoms with Gasteiger partial charge < -0.3 is 4.52 Å². The predicted octanol–water partition coefficient (Wildman–Crippen LogP) is 5.03. The molecule has 0 fully saturated rings. The zero-order valence-electron chi connectivity index (χ0n) is 10.2. The average molecular weight is 302 g/mol. The molecule has 0 N–H and O–H groups in total. The first kappa shape index (κ1) is 13.8. The van der Waals surface area contributed by atoms with Crippen molar-refractivity contribution in [3.8, 4) is 0 Å². The van der Waals surface area contributed by atoms with E-state index in [-0.39, 0.29) is 0 Å². The van der Waals surface area contributed by atoms with Crippen LogP contribution in [0, 0.1) is 13.8 Å². The maximum absolute atomic E-state index is 5.98. The van der Waals surface area contributed by atoms with E-state index >= 15 is 0 Å². The van der Waals surface area contributed by atoms with Crippen molar-refractivity contribution < 1.29 is 4.52 Å². The molecule has 0 bridgehead atoms. The Morgan fingerprint density at radius 3 is 2.56 bits per heavy atom. The minimum absolute atomic E-state index is 0.594. The number of aryl methyl sites for hydroxylation is 2. The first-order chi connectivity index (χ1) is 8.58. The molecule has 0 aliphatic rings. The zero-order chi connectivity index (χ0) is 13.1. The van der Waals surface area contributed by atoms with Crippen LogP contribution >= 0.6 is 35.0 Å². The first-order valence-electron chi connectivity index (χ1n) is 5.51. The van der Waals surface area contributed by atoms with Gasteiger partial charge in [-0.25, -0.2) is 0 Å². The van der Waals surface area contributed by atoms with Gasteiger partial charge in [0.05, 0.1) is 15.7 Å². The second-order valence-corrected chi connectivity index (χ2v) is 5.84. The third-order valence-electron chi connectivity index (χ3n) is 2.68. The molecule has 0 aliphatic carbocycles. The quantitative estimate of drug-likeness (QED) is 0.792. The molecule has 0 spiro atoms. The minimum atomic E-state index is 0.594. The summed E-state index contributed by atoms with van der Waals surface area (Å²) in [5.41, 5.74) is 3.32. The molecule has 96 valence electrons. The summed E-state index contributed by atoms with van der Waals surface area (Å²) in [5.74, 6) is 2.68. The van der Waals surface area contributed by atoms with E-state index in [1.165, 1.54) is 11.1 Å². The molecule has 2 nitrogen and oxygen atoms in total. The summed E-state index contributed by atoms with van der Waals surface area (Å²) in [6, 6.07) is 5.73. The number of hydrogen-bond donors (Lipinski definition) is 0. The summed E-state index contributed by atoms with van der Waals surface area (Å²) in [5, 5.41) is 5.14. The van der Waals surface area contributed by atoms with Gasteiger partial charge in [-0.15, -0.1) is 0 Å². The number of hydrogen-bond acceptors (Lipinski definition) is 3. The predicted molar refractivity (Wildman–Crippen MR) is 77.4 cm³/mol. The molecule has 0 unspecified atom stereocenters. The Hall–Kier alpha value is -0.640. The lowest BCUT2D eigenvalue weighted by atomic mass is 10.2. The Labute approximate surface area is 121 Å². The van der Waals surface area contributed by atoms with Crippen LogP contribution in [0.5, 0.6) is 0 Å². The molecule has 2 rings (SSSR count). The molecule has 1 aromatic heterocycles. The molecule has 5 heteroatoms. The summed E-state index contributed by atoms with van der Waals surface area (Å²) in [7, 11) is 0.